The number of ether oxygens (including phenoxy) is 1. The third kappa shape index (κ3) is 2.30. The highest BCUT2D eigenvalue weighted by Gasteiger charge is 2.11. The second-order valence-corrected chi connectivity index (χ2v) is 3.23. The molecule has 0 saturated heterocycles. The number of hydrogen-bond donors (Lipinski definition) is 0. The number of rotatable bonds is 3. The van der Waals surface area contributed by atoms with Crippen LogP contribution in [0.4, 0.5) is 4.39 Å². The molecule has 0 atom stereocenters. The summed E-state index contributed by atoms with van der Waals surface area (Å²) in [4.78, 5) is 15.1. The third-order valence-electron chi connectivity index (χ3n) is 2.12. The van der Waals surface area contributed by atoms with Crippen molar-refractivity contribution in [2.45, 2.75) is 6.92 Å². The zero-order valence-electron chi connectivity index (χ0n) is 9.13. The van der Waals surface area contributed by atoms with Gasteiger partial charge < -0.3 is 4.74 Å². The van der Waals surface area contributed by atoms with Crippen molar-refractivity contribution in [3.05, 3.63) is 42.2 Å². The number of nitrogens with zero attached hydrogens (tertiary/aromatic N) is 3. The molecule has 0 N–H and O–H groups in total. The summed E-state index contributed by atoms with van der Waals surface area (Å²) in [5.41, 5.74) is 0.406. The quantitative estimate of drug-likeness (QED) is 0.758. The number of benzene rings is 1. The number of aromatic nitrogens is 3. The van der Waals surface area contributed by atoms with Crippen molar-refractivity contribution >= 4 is 5.97 Å². The molecule has 2 rings (SSSR count). The smallest absolute Gasteiger partial charge is 0.338 e. The monoisotopic (exact) mass is 235 g/mol. The van der Waals surface area contributed by atoms with Crippen molar-refractivity contribution in [2.75, 3.05) is 6.61 Å². The van der Waals surface area contributed by atoms with Crippen LogP contribution in [0.25, 0.3) is 5.69 Å². The Morgan fingerprint density at radius 1 is 1.53 bits per heavy atom. The van der Waals surface area contributed by atoms with E-state index in [1.54, 1.807) is 6.92 Å². The summed E-state index contributed by atoms with van der Waals surface area (Å²) in [6, 6.07) is 4.06. The fourth-order valence-corrected chi connectivity index (χ4v) is 1.37. The van der Waals surface area contributed by atoms with Gasteiger partial charge in [0.25, 0.3) is 0 Å². The van der Waals surface area contributed by atoms with Crippen LogP contribution in [0.15, 0.2) is 30.9 Å². The third-order valence-corrected chi connectivity index (χ3v) is 2.12. The van der Waals surface area contributed by atoms with Gasteiger partial charge in [-0.15, -0.1) is 0 Å². The molecule has 2 aromatic rings. The molecule has 88 valence electrons. The highest BCUT2D eigenvalue weighted by molar-refractivity contribution is 5.89. The van der Waals surface area contributed by atoms with Crippen molar-refractivity contribution in [3.63, 3.8) is 0 Å². The van der Waals surface area contributed by atoms with Crippen LogP contribution in [-0.4, -0.2) is 27.3 Å². The van der Waals surface area contributed by atoms with E-state index in [1.165, 1.54) is 29.5 Å². The lowest BCUT2D eigenvalue weighted by atomic mass is 10.2. The average Bonchev–Trinajstić information content (AvgIpc) is 2.82. The molecular weight excluding hydrogens is 225 g/mol. The van der Waals surface area contributed by atoms with Gasteiger partial charge in [-0.05, 0) is 25.1 Å². The predicted molar refractivity (Wildman–Crippen MR) is 57.3 cm³/mol. The zero-order chi connectivity index (χ0) is 12.3. The molecule has 0 aliphatic carbocycles. The van der Waals surface area contributed by atoms with Gasteiger partial charge in [-0.25, -0.2) is 18.9 Å². The van der Waals surface area contributed by atoms with Crippen LogP contribution in [-0.2, 0) is 4.74 Å². The number of hydrogen-bond acceptors (Lipinski definition) is 4. The van der Waals surface area contributed by atoms with Crippen LogP contribution < -0.4 is 0 Å². The van der Waals surface area contributed by atoms with E-state index < -0.39 is 11.8 Å². The molecule has 0 saturated carbocycles. The topological polar surface area (TPSA) is 57.0 Å². The first-order valence-electron chi connectivity index (χ1n) is 5.04. The van der Waals surface area contributed by atoms with Crippen LogP contribution in [0.1, 0.15) is 17.3 Å². The molecule has 0 unspecified atom stereocenters. The van der Waals surface area contributed by atoms with E-state index in [-0.39, 0.29) is 17.9 Å². The normalized spacial score (nSPS) is 10.2. The molecule has 0 amide bonds. The van der Waals surface area contributed by atoms with Crippen molar-refractivity contribution in [2.24, 2.45) is 0 Å². The van der Waals surface area contributed by atoms with Gasteiger partial charge in [0.2, 0.25) is 0 Å². The van der Waals surface area contributed by atoms with Crippen LogP contribution in [0, 0.1) is 5.82 Å². The van der Waals surface area contributed by atoms with Crippen LogP contribution in [0.2, 0.25) is 0 Å². The first kappa shape index (κ1) is 11.3. The number of carbonyl (C=O) groups is 1. The summed E-state index contributed by atoms with van der Waals surface area (Å²) in [7, 11) is 0. The SMILES string of the molecule is CCOC(=O)c1ccc(-n2cncn2)c(F)c1. The van der Waals surface area contributed by atoms with Crippen molar-refractivity contribution in [3.8, 4) is 5.69 Å². The summed E-state index contributed by atoms with van der Waals surface area (Å²) in [5, 5.41) is 3.81. The van der Waals surface area contributed by atoms with Gasteiger partial charge in [-0.2, -0.15) is 5.10 Å². The lowest BCUT2D eigenvalue weighted by Crippen LogP contribution is -2.06. The minimum Gasteiger partial charge on any atom is -0.462 e. The molecule has 0 aliphatic rings. The van der Waals surface area contributed by atoms with Crippen LogP contribution in [0.5, 0.6) is 0 Å². The van der Waals surface area contributed by atoms with Crippen molar-refractivity contribution < 1.29 is 13.9 Å². The Labute approximate surface area is 96.9 Å². The molecule has 0 aliphatic heterocycles. The summed E-state index contributed by atoms with van der Waals surface area (Å²) in [6.07, 6.45) is 2.68. The Morgan fingerprint density at radius 2 is 2.35 bits per heavy atom. The molecule has 6 heteroatoms. The van der Waals surface area contributed by atoms with Gasteiger partial charge in [0.15, 0.2) is 0 Å². The maximum atomic E-state index is 13.7. The van der Waals surface area contributed by atoms with Gasteiger partial charge >= 0.3 is 5.97 Å². The fraction of sp³-hybridized carbons (Fsp3) is 0.182. The van der Waals surface area contributed by atoms with Crippen molar-refractivity contribution in [1.29, 1.82) is 0 Å². The molecule has 17 heavy (non-hydrogen) atoms. The summed E-state index contributed by atoms with van der Waals surface area (Å²) in [5.74, 6) is -1.10. The molecule has 0 fully saturated rings. The van der Waals surface area contributed by atoms with Crippen LogP contribution >= 0.6 is 0 Å². The van der Waals surface area contributed by atoms with Gasteiger partial charge in [-0.3, -0.25) is 0 Å². The van der Waals surface area contributed by atoms with Crippen LogP contribution in [0.3, 0.4) is 0 Å². The largest absolute Gasteiger partial charge is 0.462 e. The Kier molecular flexibility index (Phi) is 3.13. The molecule has 1 heterocycles. The lowest BCUT2D eigenvalue weighted by molar-refractivity contribution is 0.0526. The van der Waals surface area contributed by atoms with E-state index in [0.717, 1.165) is 6.07 Å². The van der Waals surface area contributed by atoms with E-state index >= 15 is 0 Å². The second-order valence-electron chi connectivity index (χ2n) is 3.23. The molecule has 1 aromatic heterocycles. The summed E-state index contributed by atoms with van der Waals surface area (Å²) < 4.78 is 19.8. The molecule has 5 nitrogen and oxygen atoms in total. The molecule has 1 aromatic carbocycles. The van der Waals surface area contributed by atoms with Gasteiger partial charge in [-0.1, -0.05) is 0 Å². The van der Waals surface area contributed by atoms with Gasteiger partial charge in [0.05, 0.1) is 12.2 Å². The first-order valence-corrected chi connectivity index (χ1v) is 5.04. The van der Waals surface area contributed by atoms with E-state index in [9.17, 15) is 9.18 Å². The average molecular weight is 235 g/mol. The van der Waals surface area contributed by atoms with Gasteiger partial charge in [0.1, 0.15) is 24.2 Å². The fourth-order valence-electron chi connectivity index (χ4n) is 1.37. The van der Waals surface area contributed by atoms with E-state index in [2.05, 4.69) is 10.1 Å². The summed E-state index contributed by atoms with van der Waals surface area (Å²) in [6.45, 7) is 1.95. The van der Waals surface area contributed by atoms with Gasteiger partial charge in [0, 0.05) is 0 Å². The first-order chi connectivity index (χ1) is 8.22. The molecule has 0 radical (unpaired) electrons. The van der Waals surface area contributed by atoms with E-state index in [4.69, 9.17) is 4.74 Å². The number of halogens is 1. The Bertz CT molecular complexity index is 526. The standard InChI is InChI=1S/C11H10FN3O2/c1-2-17-11(16)8-3-4-10(9(12)5-8)15-7-13-6-14-15/h3-7H,2H2,1H3. The zero-order valence-corrected chi connectivity index (χ0v) is 9.13. The molecule has 0 bridgehead atoms. The molecule has 0 spiro atoms. The second kappa shape index (κ2) is 4.73. The highest BCUT2D eigenvalue weighted by atomic mass is 19.1. The van der Waals surface area contributed by atoms with Crippen molar-refractivity contribution in [1.82, 2.24) is 14.8 Å². The maximum absolute atomic E-state index is 13.7. The summed E-state index contributed by atoms with van der Waals surface area (Å²) >= 11 is 0. The number of carbonyl (C=O) groups excluding carboxylic acids is 1. The van der Waals surface area contributed by atoms with E-state index in [1.807, 2.05) is 0 Å². The lowest BCUT2D eigenvalue weighted by Gasteiger charge is -2.05. The minimum absolute atomic E-state index is 0.174. The maximum Gasteiger partial charge on any atom is 0.338 e. The predicted octanol–water partition coefficient (Wildman–Crippen LogP) is 1.58. The Morgan fingerprint density at radius 3 is 2.94 bits per heavy atom. The Balaban J connectivity index is 2.32. The number of esters is 1. The minimum atomic E-state index is -0.555. The van der Waals surface area contributed by atoms with E-state index in [0.29, 0.717) is 0 Å². The molecular formula is C11H10FN3O2. The Hall–Kier alpha value is -2.24. The highest BCUT2D eigenvalue weighted by Crippen LogP contribution is 2.14.